The van der Waals surface area contributed by atoms with E-state index < -0.39 is 0 Å². The summed E-state index contributed by atoms with van der Waals surface area (Å²) in [4.78, 5) is 2.41. The molecule has 0 aliphatic rings. The van der Waals surface area contributed by atoms with E-state index in [1.807, 2.05) is 11.3 Å². The summed E-state index contributed by atoms with van der Waals surface area (Å²) in [6.07, 6.45) is 0. The van der Waals surface area contributed by atoms with Crippen LogP contribution in [0.1, 0.15) is 0 Å². The van der Waals surface area contributed by atoms with Crippen molar-refractivity contribution in [2.45, 2.75) is 0 Å². The van der Waals surface area contributed by atoms with E-state index in [0.29, 0.717) is 0 Å². The minimum absolute atomic E-state index is 1.11. The summed E-state index contributed by atoms with van der Waals surface area (Å²) in [7, 11) is 0. The van der Waals surface area contributed by atoms with Crippen LogP contribution in [0.3, 0.4) is 0 Å². The van der Waals surface area contributed by atoms with Gasteiger partial charge in [-0.25, -0.2) is 0 Å². The van der Waals surface area contributed by atoms with Gasteiger partial charge in [0.05, 0.1) is 22.1 Å². The van der Waals surface area contributed by atoms with Gasteiger partial charge in [-0.2, -0.15) is 0 Å². The molecule has 0 bridgehead atoms. The molecule has 0 unspecified atom stereocenters. The van der Waals surface area contributed by atoms with E-state index >= 15 is 0 Å². The van der Waals surface area contributed by atoms with Gasteiger partial charge < -0.3 is 14.0 Å². The van der Waals surface area contributed by atoms with E-state index in [0.717, 1.165) is 28.4 Å². The number of anilines is 3. The molecule has 3 aromatic heterocycles. The molecule has 62 heavy (non-hydrogen) atoms. The lowest BCUT2D eigenvalue weighted by Crippen LogP contribution is -2.09. The SMILES string of the molecule is c1ccc(-n2c3ccccc3c3cc(N(c4ccc(-c5ccc(-n6c7ccccc7c7ccc8ccccc8c76)cc5)cc4)c4ccc5c(c4)sc4ccccc45)ccc32)cc1. The Labute approximate surface area is 362 Å². The highest BCUT2D eigenvalue weighted by molar-refractivity contribution is 7.25. The van der Waals surface area contributed by atoms with Gasteiger partial charge in [-0.1, -0.05) is 140 Å². The molecule has 0 fully saturated rings. The molecule has 0 atom stereocenters. The van der Waals surface area contributed by atoms with Gasteiger partial charge >= 0.3 is 0 Å². The molecule has 290 valence electrons. The van der Waals surface area contributed by atoms with E-state index in [-0.39, 0.29) is 0 Å². The first-order valence-electron chi connectivity index (χ1n) is 21.2. The van der Waals surface area contributed by atoms with Gasteiger partial charge in [0.25, 0.3) is 0 Å². The van der Waals surface area contributed by atoms with E-state index in [9.17, 15) is 0 Å². The van der Waals surface area contributed by atoms with Crippen LogP contribution in [-0.4, -0.2) is 9.13 Å². The van der Waals surface area contributed by atoms with Crippen molar-refractivity contribution in [3.05, 3.63) is 224 Å². The largest absolute Gasteiger partial charge is 0.310 e. The zero-order valence-corrected chi connectivity index (χ0v) is 34.4. The van der Waals surface area contributed by atoms with Gasteiger partial charge in [-0.3, -0.25) is 0 Å². The first-order chi connectivity index (χ1) is 30.7. The predicted octanol–water partition coefficient (Wildman–Crippen LogP) is 16.5. The molecule has 0 amide bonds. The van der Waals surface area contributed by atoms with E-state index in [2.05, 4.69) is 238 Å². The van der Waals surface area contributed by atoms with Crippen molar-refractivity contribution in [1.29, 1.82) is 0 Å². The fourth-order valence-corrected chi connectivity index (χ4v) is 11.0. The second kappa shape index (κ2) is 13.8. The molecule has 10 aromatic carbocycles. The summed E-state index contributed by atoms with van der Waals surface area (Å²) in [6, 6.07) is 82.2. The van der Waals surface area contributed by atoms with Crippen molar-refractivity contribution >= 4 is 103 Å². The number of para-hydroxylation sites is 3. The molecule has 0 aliphatic carbocycles. The Hall–Kier alpha value is -7.92. The van der Waals surface area contributed by atoms with Crippen molar-refractivity contribution in [3.8, 4) is 22.5 Å². The third-order valence-corrected chi connectivity index (χ3v) is 13.8. The summed E-state index contributed by atoms with van der Waals surface area (Å²) in [5.41, 5.74) is 12.9. The van der Waals surface area contributed by atoms with E-state index in [1.54, 1.807) is 0 Å². The van der Waals surface area contributed by atoms with Gasteiger partial charge in [0.1, 0.15) is 0 Å². The summed E-state index contributed by atoms with van der Waals surface area (Å²) < 4.78 is 7.40. The maximum absolute atomic E-state index is 2.43. The minimum atomic E-state index is 1.11. The van der Waals surface area contributed by atoms with Crippen molar-refractivity contribution in [3.63, 3.8) is 0 Å². The molecule has 13 aromatic rings. The molecular formula is C58H37N3S. The van der Waals surface area contributed by atoms with Crippen LogP contribution in [0, 0.1) is 0 Å². The summed E-state index contributed by atoms with van der Waals surface area (Å²) in [5, 5.41) is 10.1. The van der Waals surface area contributed by atoms with Gasteiger partial charge in [0.2, 0.25) is 0 Å². The van der Waals surface area contributed by atoms with E-state index in [1.165, 1.54) is 85.7 Å². The van der Waals surface area contributed by atoms with Crippen LogP contribution in [0.5, 0.6) is 0 Å². The number of nitrogens with zero attached hydrogens (tertiary/aromatic N) is 3. The minimum Gasteiger partial charge on any atom is -0.310 e. The topological polar surface area (TPSA) is 13.1 Å². The number of benzene rings is 10. The Bertz CT molecular complexity index is 3850. The molecule has 0 saturated carbocycles. The van der Waals surface area contributed by atoms with Crippen LogP contribution in [0.15, 0.2) is 224 Å². The second-order valence-corrected chi connectivity index (χ2v) is 17.2. The van der Waals surface area contributed by atoms with Crippen molar-refractivity contribution < 1.29 is 0 Å². The van der Waals surface area contributed by atoms with Crippen molar-refractivity contribution in [1.82, 2.24) is 9.13 Å². The quantitative estimate of drug-likeness (QED) is 0.163. The number of rotatable bonds is 6. The zero-order chi connectivity index (χ0) is 40.7. The number of thiophene rings is 1. The Morgan fingerprint density at radius 3 is 1.63 bits per heavy atom. The standard InChI is InChI=1S/C58H37N3S/c1-2-13-41(14-3-1)60-53-19-9-7-17-48(53)52-36-44(32-35-55(52)60)59(45-31-34-50-49-18-8-11-21-56(49)62-57(50)37-45)42-27-22-38(23-28-42)39-24-29-43(30-25-39)61-54-20-10-6-16-47(54)51-33-26-40-12-4-5-15-46(40)58(51)61/h1-37H. The zero-order valence-electron chi connectivity index (χ0n) is 33.6. The normalized spacial score (nSPS) is 11.9. The smallest absolute Gasteiger partial charge is 0.0619 e. The molecule has 0 aliphatic heterocycles. The lowest BCUT2D eigenvalue weighted by molar-refractivity contribution is 1.18. The van der Waals surface area contributed by atoms with Gasteiger partial charge in [0.15, 0.2) is 0 Å². The van der Waals surface area contributed by atoms with Gasteiger partial charge in [-0.15, -0.1) is 11.3 Å². The Morgan fingerprint density at radius 1 is 0.306 bits per heavy atom. The number of hydrogen-bond acceptors (Lipinski definition) is 2. The second-order valence-electron chi connectivity index (χ2n) is 16.1. The maximum Gasteiger partial charge on any atom is 0.0619 e. The molecule has 0 radical (unpaired) electrons. The third kappa shape index (κ3) is 5.37. The highest BCUT2D eigenvalue weighted by Gasteiger charge is 2.19. The van der Waals surface area contributed by atoms with E-state index in [4.69, 9.17) is 0 Å². The molecular weight excluding hydrogens is 771 g/mol. The Kier molecular flexibility index (Phi) is 7.78. The monoisotopic (exact) mass is 807 g/mol. The van der Waals surface area contributed by atoms with Gasteiger partial charge in [-0.05, 0) is 101 Å². The highest BCUT2D eigenvalue weighted by atomic mass is 32.1. The molecule has 13 rings (SSSR count). The lowest BCUT2D eigenvalue weighted by Gasteiger charge is -2.26. The average Bonchev–Trinajstić information content (AvgIpc) is 4.00. The lowest BCUT2D eigenvalue weighted by atomic mass is 10.0. The van der Waals surface area contributed by atoms with Crippen LogP contribution in [0.4, 0.5) is 17.1 Å². The van der Waals surface area contributed by atoms with Crippen LogP contribution >= 0.6 is 11.3 Å². The van der Waals surface area contributed by atoms with Crippen molar-refractivity contribution in [2.24, 2.45) is 0 Å². The third-order valence-electron chi connectivity index (χ3n) is 12.7. The van der Waals surface area contributed by atoms with Crippen LogP contribution in [-0.2, 0) is 0 Å². The number of fused-ring (bicyclic) bond motifs is 11. The van der Waals surface area contributed by atoms with Crippen LogP contribution in [0.2, 0.25) is 0 Å². The van der Waals surface area contributed by atoms with Crippen LogP contribution in [0.25, 0.3) is 97.1 Å². The summed E-state index contributed by atoms with van der Waals surface area (Å²) in [5.74, 6) is 0. The first kappa shape index (κ1) is 34.9. The molecule has 0 saturated heterocycles. The molecule has 3 heterocycles. The Morgan fingerprint density at radius 2 is 0.839 bits per heavy atom. The average molecular weight is 808 g/mol. The number of aromatic nitrogens is 2. The Balaban J connectivity index is 0.929. The molecule has 0 N–H and O–H groups in total. The molecule has 3 nitrogen and oxygen atoms in total. The van der Waals surface area contributed by atoms with Gasteiger partial charge in [0, 0.05) is 75.5 Å². The first-order valence-corrected chi connectivity index (χ1v) is 22.0. The van der Waals surface area contributed by atoms with Crippen LogP contribution < -0.4 is 4.90 Å². The maximum atomic E-state index is 2.43. The predicted molar refractivity (Wildman–Crippen MR) is 266 cm³/mol. The molecule has 0 spiro atoms. The molecule has 4 heteroatoms. The van der Waals surface area contributed by atoms with Crippen molar-refractivity contribution in [2.75, 3.05) is 4.90 Å². The number of hydrogen-bond donors (Lipinski definition) is 0. The fourth-order valence-electron chi connectivity index (χ4n) is 9.86. The fraction of sp³-hybridized carbons (Fsp3) is 0. The highest BCUT2D eigenvalue weighted by Crippen LogP contribution is 2.44. The summed E-state index contributed by atoms with van der Waals surface area (Å²) >= 11 is 1.86. The summed E-state index contributed by atoms with van der Waals surface area (Å²) in [6.45, 7) is 0.